The van der Waals surface area contributed by atoms with E-state index in [1.807, 2.05) is 35.2 Å². The second-order valence-electron chi connectivity index (χ2n) is 6.87. The van der Waals surface area contributed by atoms with Crippen molar-refractivity contribution in [2.75, 3.05) is 31.5 Å². The quantitative estimate of drug-likeness (QED) is 0.902. The largest absolute Gasteiger partial charge is 0.370 e. The zero-order chi connectivity index (χ0) is 16.5. The molecule has 3 atom stereocenters. The third kappa shape index (κ3) is 2.98. The number of carbonyl (C=O) groups is 2. The third-order valence-corrected chi connectivity index (χ3v) is 5.20. The summed E-state index contributed by atoms with van der Waals surface area (Å²) >= 11 is 0. The van der Waals surface area contributed by atoms with Crippen molar-refractivity contribution in [1.82, 2.24) is 9.80 Å². The predicted molar refractivity (Wildman–Crippen MR) is 89.6 cm³/mol. The van der Waals surface area contributed by atoms with Crippen LogP contribution in [0.15, 0.2) is 30.3 Å². The molecule has 0 unspecified atom stereocenters. The van der Waals surface area contributed by atoms with Gasteiger partial charge in [-0.05, 0) is 31.4 Å². The van der Waals surface area contributed by atoms with E-state index in [2.05, 4.69) is 5.32 Å². The Kier molecular flexibility index (Phi) is 4.14. The lowest BCUT2D eigenvalue weighted by Crippen LogP contribution is -2.49. The summed E-state index contributed by atoms with van der Waals surface area (Å²) < 4.78 is 5.95. The molecular weight excluding hydrogens is 306 g/mol. The Morgan fingerprint density at radius 2 is 1.79 bits per heavy atom. The van der Waals surface area contributed by atoms with Gasteiger partial charge in [0, 0.05) is 31.9 Å². The van der Waals surface area contributed by atoms with Crippen LogP contribution in [0.4, 0.5) is 10.5 Å². The standard InChI is InChI=1S/C18H23N3O3/c22-17(20-8-4-5-9-20)15-10-14-11-21(12-16(15)24-14)18(23)19-13-6-2-1-3-7-13/h1-3,6-7,14-16H,4-5,8-12H2,(H,19,23)/t14-,15+,16-/m1/s1. The summed E-state index contributed by atoms with van der Waals surface area (Å²) in [7, 11) is 0. The molecule has 6 heteroatoms. The zero-order valence-corrected chi connectivity index (χ0v) is 13.7. The van der Waals surface area contributed by atoms with Gasteiger partial charge in [0.25, 0.3) is 0 Å². The third-order valence-electron chi connectivity index (χ3n) is 5.20. The van der Waals surface area contributed by atoms with Crippen LogP contribution >= 0.6 is 0 Å². The summed E-state index contributed by atoms with van der Waals surface area (Å²) in [6.45, 7) is 2.77. The summed E-state index contributed by atoms with van der Waals surface area (Å²) in [6, 6.07) is 9.32. The number of nitrogens with one attached hydrogen (secondary N) is 1. The lowest BCUT2D eigenvalue weighted by atomic mass is 9.99. The molecule has 4 rings (SSSR count). The Morgan fingerprint density at radius 3 is 2.54 bits per heavy atom. The average Bonchev–Trinajstić information content (AvgIpc) is 3.23. The summed E-state index contributed by atoms with van der Waals surface area (Å²) in [5.74, 6) is 0.118. The molecule has 1 aromatic carbocycles. The number of para-hydroxylation sites is 1. The molecule has 0 saturated carbocycles. The number of fused-ring (bicyclic) bond motifs is 2. The van der Waals surface area contributed by atoms with Crippen molar-refractivity contribution in [2.45, 2.75) is 31.5 Å². The number of morpholine rings is 1. The van der Waals surface area contributed by atoms with E-state index < -0.39 is 0 Å². The number of rotatable bonds is 2. The van der Waals surface area contributed by atoms with Crippen LogP contribution in [0.5, 0.6) is 0 Å². The number of anilines is 1. The van der Waals surface area contributed by atoms with E-state index in [0.29, 0.717) is 13.1 Å². The minimum atomic E-state index is -0.168. The Morgan fingerprint density at radius 1 is 1.04 bits per heavy atom. The van der Waals surface area contributed by atoms with Crippen molar-refractivity contribution < 1.29 is 14.3 Å². The molecule has 128 valence electrons. The van der Waals surface area contributed by atoms with Crippen LogP contribution < -0.4 is 5.32 Å². The van der Waals surface area contributed by atoms with Gasteiger partial charge in [0.1, 0.15) is 0 Å². The molecule has 0 aliphatic carbocycles. The van der Waals surface area contributed by atoms with Crippen LogP contribution in [0.2, 0.25) is 0 Å². The molecule has 1 aromatic rings. The van der Waals surface area contributed by atoms with Crippen molar-refractivity contribution in [3.8, 4) is 0 Å². The molecule has 2 bridgehead atoms. The van der Waals surface area contributed by atoms with Gasteiger partial charge in [0.05, 0.1) is 18.1 Å². The maximum Gasteiger partial charge on any atom is 0.322 e. The lowest BCUT2D eigenvalue weighted by Gasteiger charge is -2.33. The fourth-order valence-corrected chi connectivity index (χ4v) is 3.98. The predicted octanol–water partition coefficient (Wildman–Crippen LogP) is 1.93. The van der Waals surface area contributed by atoms with Crippen molar-refractivity contribution in [3.05, 3.63) is 30.3 Å². The summed E-state index contributed by atoms with van der Waals surface area (Å²) in [5, 5.41) is 2.92. The second-order valence-corrected chi connectivity index (χ2v) is 6.87. The summed E-state index contributed by atoms with van der Waals surface area (Å²) in [6.07, 6.45) is 2.73. The van der Waals surface area contributed by atoms with E-state index >= 15 is 0 Å². The van der Waals surface area contributed by atoms with Gasteiger partial charge in [-0.15, -0.1) is 0 Å². The Balaban J connectivity index is 1.39. The van der Waals surface area contributed by atoms with Crippen LogP contribution in [-0.2, 0) is 9.53 Å². The maximum atomic E-state index is 12.7. The molecule has 6 nitrogen and oxygen atoms in total. The van der Waals surface area contributed by atoms with E-state index in [1.54, 1.807) is 4.90 Å². The van der Waals surface area contributed by atoms with Gasteiger partial charge in [-0.2, -0.15) is 0 Å². The molecule has 3 fully saturated rings. The number of benzene rings is 1. The highest BCUT2D eigenvalue weighted by Crippen LogP contribution is 2.34. The summed E-state index contributed by atoms with van der Waals surface area (Å²) in [4.78, 5) is 28.9. The molecular formula is C18H23N3O3. The fraction of sp³-hybridized carbons (Fsp3) is 0.556. The van der Waals surface area contributed by atoms with Crippen molar-refractivity contribution >= 4 is 17.6 Å². The molecule has 3 aliphatic heterocycles. The highest BCUT2D eigenvalue weighted by molar-refractivity contribution is 5.89. The van der Waals surface area contributed by atoms with Crippen LogP contribution in [0.3, 0.4) is 0 Å². The molecule has 3 heterocycles. The second kappa shape index (κ2) is 6.43. The lowest BCUT2D eigenvalue weighted by molar-refractivity contribution is -0.137. The highest BCUT2D eigenvalue weighted by Gasteiger charge is 2.47. The molecule has 3 saturated heterocycles. The topological polar surface area (TPSA) is 61.9 Å². The van der Waals surface area contributed by atoms with Crippen LogP contribution in [0.25, 0.3) is 0 Å². The number of hydrogen-bond donors (Lipinski definition) is 1. The number of urea groups is 1. The molecule has 0 aromatic heterocycles. The minimum Gasteiger partial charge on any atom is -0.370 e. The van der Waals surface area contributed by atoms with E-state index in [1.165, 1.54) is 0 Å². The van der Waals surface area contributed by atoms with Gasteiger partial charge >= 0.3 is 6.03 Å². The minimum absolute atomic E-state index is 0.0261. The Hall–Kier alpha value is -2.08. The molecule has 0 spiro atoms. The Bertz CT molecular complexity index is 615. The number of carbonyl (C=O) groups excluding carboxylic acids is 2. The first-order chi connectivity index (χ1) is 11.7. The number of hydrogen-bond acceptors (Lipinski definition) is 3. The van der Waals surface area contributed by atoms with Gasteiger partial charge in [-0.3, -0.25) is 4.79 Å². The van der Waals surface area contributed by atoms with E-state index in [0.717, 1.165) is 38.0 Å². The van der Waals surface area contributed by atoms with Crippen molar-refractivity contribution in [3.63, 3.8) is 0 Å². The normalized spacial score (nSPS) is 28.9. The van der Waals surface area contributed by atoms with Gasteiger partial charge < -0.3 is 19.9 Å². The van der Waals surface area contributed by atoms with E-state index in [9.17, 15) is 9.59 Å². The first-order valence-electron chi connectivity index (χ1n) is 8.76. The van der Waals surface area contributed by atoms with Crippen LogP contribution in [-0.4, -0.2) is 60.1 Å². The van der Waals surface area contributed by atoms with Crippen molar-refractivity contribution in [2.24, 2.45) is 5.92 Å². The van der Waals surface area contributed by atoms with Gasteiger partial charge in [0.2, 0.25) is 5.91 Å². The molecule has 0 radical (unpaired) electrons. The fourth-order valence-electron chi connectivity index (χ4n) is 3.98. The highest BCUT2D eigenvalue weighted by atomic mass is 16.5. The van der Waals surface area contributed by atoms with Gasteiger partial charge in [-0.25, -0.2) is 4.79 Å². The number of likely N-dealkylation sites (tertiary alicyclic amines) is 2. The smallest absolute Gasteiger partial charge is 0.322 e. The first kappa shape index (κ1) is 15.4. The zero-order valence-electron chi connectivity index (χ0n) is 13.7. The average molecular weight is 329 g/mol. The van der Waals surface area contributed by atoms with E-state index in [4.69, 9.17) is 4.74 Å². The molecule has 24 heavy (non-hydrogen) atoms. The number of ether oxygens (including phenoxy) is 1. The van der Waals surface area contributed by atoms with Crippen LogP contribution in [0.1, 0.15) is 19.3 Å². The van der Waals surface area contributed by atoms with Crippen molar-refractivity contribution in [1.29, 1.82) is 0 Å². The number of nitrogens with zero attached hydrogens (tertiary/aromatic N) is 2. The van der Waals surface area contributed by atoms with Crippen LogP contribution in [0, 0.1) is 5.92 Å². The molecule has 3 aliphatic rings. The van der Waals surface area contributed by atoms with E-state index in [-0.39, 0.29) is 30.1 Å². The number of amides is 3. The maximum absolute atomic E-state index is 12.7. The molecule has 1 N–H and O–H groups in total. The SMILES string of the molecule is O=C(Nc1ccccc1)N1C[C@H]2C[C@H](C(=O)N3CCCC3)[C@@H](C1)O2. The first-order valence-corrected chi connectivity index (χ1v) is 8.76. The molecule has 3 amide bonds. The van der Waals surface area contributed by atoms with Gasteiger partial charge in [0.15, 0.2) is 0 Å². The van der Waals surface area contributed by atoms with Gasteiger partial charge in [-0.1, -0.05) is 18.2 Å². The summed E-state index contributed by atoms with van der Waals surface area (Å²) in [5.41, 5.74) is 0.783. The monoisotopic (exact) mass is 329 g/mol. The Labute approximate surface area is 141 Å².